The summed E-state index contributed by atoms with van der Waals surface area (Å²) in [5.41, 5.74) is 0. The second-order valence-electron chi connectivity index (χ2n) is 3.10. The number of hydrogen-bond donors (Lipinski definition) is 1. The quantitative estimate of drug-likeness (QED) is 0.862. The molecule has 1 N–H and O–H groups in total. The molecule has 0 aliphatic carbocycles. The van der Waals surface area contributed by atoms with Crippen molar-refractivity contribution < 1.29 is 8.42 Å². The van der Waals surface area contributed by atoms with Gasteiger partial charge in [0.1, 0.15) is 0 Å². The van der Waals surface area contributed by atoms with Gasteiger partial charge in [0.2, 0.25) is 10.0 Å². The molecule has 1 unspecified atom stereocenters. The molecule has 0 fully saturated rings. The van der Waals surface area contributed by atoms with E-state index in [0.717, 1.165) is 8.66 Å². The van der Waals surface area contributed by atoms with E-state index in [1.54, 1.807) is 19.9 Å². The van der Waals surface area contributed by atoms with Gasteiger partial charge in [-0.05, 0) is 35.8 Å². The van der Waals surface area contributed by atoms with Crippen LogP contribution in [0.25, 0.3) is 0 Å². The highest BCUT2D eigenvalue weighted by Crippen LogP contribution is 2.29. The van der Waals surface area contributed by atoms with Crippen molar-refractivity contribution in [2.24, 2.45) is 0 Å². The Kier molecular flexibility index (Phi) is 4.61. The molecule has 0 spiro atoms. The highest BCUT2D eigenvalue weighted by atomic mass is 79.9. The lowest BCUT2D eigenvalue weighted by Crippen LogP contribution is -2.28. The van der Waals surface area contributed by atoms with Crippen molar-refractivity contribution in [3.8, 4) is 0 Å². The maximum absolute atomic E-state index is 11.8. The second-order valence-corrected chi connectivity index (χ2v) is 8.22. The maximum atomic E-state index is 11.8. The number of alkyl halides is 1. The van der Waals surface area contributed by atoms with Crippen LogP contribution in [-0.4, -0.2) is 20.3 Å². The normalized spacial score (nSPS) is 14.1. The molecule has 0 bridgehead atoms. The topological polar surface area (TPSA) is 46.2 Å². The average Bonchev–Trinajstić information content (AvgIpc) is 2.43. The van der Waals surface area contributed by atoms with Crippen molar-refractivity contribution in [2.45, 2.75) is 24.1 Å². The molecule has 0 aliphatic heterocycles. The van der Waals surface area contributed by atoms with Crippen molar-refractivity contribution in [1.82, 2.24) is 4.72 Å². The van der Waals surface area contributed by atoms with Crippen LogP contribution in [0.15, 0.2) is 14.7 Å². The number of rotatable bonds is 4. The Bertz CT molecular complexity index is 441. The van der Waals surface area contributed by atoms with E-state index in [1.165, 1.54) is 11.3 Å². The van der Waals surface area contributed by atoms with Gasteiger partial charge in [-0.1, -0.05) is 0 Å². The van der Waals surface area contributed by atoms with Crippen LogP contribution in [0, 0.1) is 6.92 Å². The summed E-state index contributed by atoms with van der Waals surface area (Å²) in [6.07, 6.45) is 0. The molecular weight excluding hydrogens is 322 g/mol. The van der Waals surface area contributed by atoms with Crippen LogP contribution in [0.2, 0.25) is 0 Å². The summed E-state index contributed by atoms with van der Waals surface area (Å²) in [4.78, 5) is 1.08. The fraction of sp³-hybridized carbons (Fsp3) is 0.500. The molecule has 0 aromatic carbocycles. The minimum absolute atomic E-state index is 0.220. The fourth-order valence-corrected chi connectivity index (χ4v) is 4.71. The first-order valence-corrected chi connectivity index (χ1v) is 7.75. The van der Waals surface area contributed by atoms with E-state index in [4.69, 9.17) is 11.6 Å². The Hall–Kier alpha value is 0.380. The molecule has 1 rings (SSSR count). The van der Waals surface area contributed by atoms with Gasteiger partial charge in [0.25, 0.3) is 0 Å². The van der Waals surface area contributed by atoms with Crippen LogP contribution < -0.4 is 4.72 Å². The lowest BCUT2D eigenvalue weighted by Gasteiger charge is -2.06. The highest BCUT2D eigenvalue weighted by Gasteiger charge is 2.19. The lowest BCUT2D eigenvalue weighted by molar-refractivity contribution is 0.581. The number of thiophene rings is 1. The molecule has 15 heavy (non-hydrogen) atoms. The predicted octanol–water partition coefficient (Wildman–Crippen LogP) is 2.72. The summed E-state index contributed by atoms with van der Waals surface area (Å²) in [6.45, 7) is 3.74. The van der Waals surface area contributed by atoms with E-state index < -0.39 is 10.0 Å². The molecule has 0 amide bonds. The molecule has 0 saturated heterocycles. The van der Waals surface area contributed by atoms with Crippen molar-refractivity contribution in [3.05, 3.63) is 14.7 Å². The second kappa shape index (κ2) is 5.14. The van der Waals surface area contributed by atoms with Gasteiger partial charge in [-0.3, -0.25) is 0 Å². The van der Waals surface area contributed by atoms with E-state index in [9.17, 15) is 8.42 Å². The fourth-order valence-electron chi connectivity index (χ4n) is 1.000. The van der Waals surface area contributed by atoms with Crippen LogP contribution in [0.4, 0.5) is 0 Å². The van der Waals surface area contributed by atoms with E-state index in [-0.39, 0.29) is 11.9 Å². The summed E-state index contributed by atoms with van der Waals surface area (Å²) in [6, 6.07) is 1.60. The summed E-state index contributed by atoms with van der Waals surface area (Å²) >= 11 is 10.3. The largest absolute Gasteiger partial charge is 0.241 e. The zero-order valence-corrected chi connectivity index (χ0v) is 12.2. The summed E-state index contributed by atoms with van der Waals surface area (Å²) in [5.74, 6) is 0. The Labute approximate surface area is 107 Å². The predicted molar refractivity (Wildman–Crippen MR) is 67.3 cm³/mol. The summed E-state index contributed by atoms with van der Waals surface area (Å²) in [7, 11) is -3.42. The maximum Gasteiger partial charge on any atom is 0.241 e. The Morgan fingerprint density at radius 1 is 1.67 bits per heavy atom. The SMILES string of the molecule is Cc1sc(Br)cc1S(=O)(=O)NCC(C)Cl. The van der Waals surface area contributed by atoms with Crippen molar-refractivity contribution in [3.63, 3.8) is 0 Å². The first-order valence-electron chi connectivity index (χ1n) is 4.22. The smallest absolute Gasteiger partial charge is 0.210 e. The molecule has 7 heteroatoms. The molecule has 86 valence electrons. The Morgan fingerprint density at radius 2 is 2.27 bits per heavy atom. The number of nitrogens with one attached hydrogen (secondary N) is 1. The molecule has 1 aromatic heterocycles. The summed E-state index contributed by atoms with van der Waals surface area (Å²) < 4.78 is 26.8. The minimum Gasteiger partial charge on any atom is -0.210 e. The lowest BCUT2D eigenvalue weighted by atomic mass is 10.5. The van der Waals surface area contributed by atoms with Crippen molar-refractivity contribution >= 4 is 48.9 Å². The third-order valence-electron chi connectivity index (χ3n) is 1.69. The van der Waals surface area contributed by atoms with Gasteiger partial charge in [-0.15, -0.1) is 22.9 Å². The van der Waals surface area contributed by atoms with Crippen molar-refractivity contribution in [1.29, 1.82) is 0 Å². The first-order chi connectivity index (χ1) is 6.83. The average molecular weight is 333 g/mol. The van der Waals surface area contributed by atoms with Gasteiger partial charge in [0.05, 0.1) is 8.68 Å². The van der Waals surface area contributed by atoms with Gasteiger partial charge in [0.15, 0.2) is 0 Å². The first kappa shape index (κ1) is 13.4. The van der Waals surface area contributed by atoms with Gasteiger partial charge >= 0.3 is 0 Å². The van der Waals surface area contributed by atoms with Crippen LogP contribution in [0.3, 0.4) is 0 Å². The molecule has 0 radical (unpaired) electrons. The van der Waals surface area contributed by atoms with E-state index in [1.807, 2.05) is 0 Å². The van der Waals surface area contributed by atoms with Gasteiger partial charge in [-0.2, -0.15) is 0 Å². The van der Waals surface area contributed by atoms with Crippen molar-refractivity contribution in [2.75, 3.05) is 6.54 Å². The van der Waals surface area contributed by atoms with Crippen LogP contribution >= 0.6 is 38.9 Å². The third kappa shape index (κ3) is 3.71. The number of sulfonamides is 1. The zero-order chi connectivity index (χ0) is 11.6. The van der Waals surface area contributed by atoms with Crippen LogP contribution in [-0.2, 0) is 10.0 Å². The molecule has 1 aromatic rings. The molecule has 0 aliphatic rings. The highest BCUT2D eigenvalue weighted by molar-refractivity contribution is 9.11. The third-order valence-corrected chi connectivity index (χ3v) is 5.07. The standard InChI is InChI=1S/C8H11BrClNO2S2/c1-5(10)4-11-15(12,13)7-3-8(9)14-6(7)2/h3,5,11H,4H2,1-2H3. The Morgan fingerprint density at radius 3 is 2.67 bits per heavy atom. The number of hydrogen-bond acceptors (Lipinski definition) is 3. The Balaban J connectivity index is 2.91. The van der Waals surface area contributed by atoms with Crippen LogP contribution in [0.1, 0.15) is 11.8 Å². The van der Waals surface area contributed by atoms with Gasteiger partial charge < -0.3 is 0 Å². The molecule has 1 heterocycles. The number of aryl methyl sites for hydroxylation is 1. The molecular formula is C8H11BrClNO2S2. The number of halogens is 2. The zero-order valence-electron chi connectivity index (χ0n) is 8.25. The summed E-state index contributed by atoms with van der Waals surface area (Å²) in [5, 5.41) is -0.220. The van der Waals surface area contributed by atoms with E-state index in [0.29, 0.717) is 4.90 Å². The molecule has 1 atom stereocenters. The monoisotopic (exact) mass is 331 g/mol. The van der Waals surface area contributed by atoms with Gasteiger partial charge in [-0.25, -0.2) is 13.1 Å². The van der Waals surface area contributed by atoms with E-state index in [2.05, 4.69) is 20.7 Å². The van der Waals surface area contributed by atoms with Crippen LogP contribution in [0.5, 0.6) is 0 Å². The van der Waals surface area contributed by atoms with E-state index >= 15 is 0 Å². The molecule has 0 saturated carbocycles. The molecule has 3 nitrogen and oxygen atoms in total. The minimum atomic E-state index is -3.42. The van der Waals surface area contributed by atoms with Gasteiger partial charge in [0, 0.05) is 16.8 Å².